The summed E-state index contributed by atoms with van der Waals surface area (Å²) in [5.74, 6) is -0.776. The second-order valence-electron chi connectivity index (χ2n) is 4.95. The second kappa shape index (κ2) is 8.26. The van der Waals surface area contributed by atoms with Crippen LogP contribution in [0, 0.1) is 5.82 Å². The van der Waals surface area contributed by atoms with Gasteiger partial charge in [0.2, 0.25) is 5.91 Å². The topological polar surface area (TPSA) is 52.6 Å². The molecular formula is C17H19FN2O2. The minimum atomic E-state index is -0.465. The van der Waals surface area contributed by atoms with Crippen molar-refractivity contribution in [2.75, 3.05) is 25.0 Å². The number of amides is 1. The lowest BCUT2D eigenvalue weighted by Gasteiger charge is -2.21. The highest BCUT2D eigenvalue weighted by Crippen LogP contribution is 2.12. The Kier molecular flexibility index (Phi) is 6.06. The van der Waals surface area contributed by atoms with Crippen LogP contribution in [0.1, 0.15) is 5.56 Å². The molecule has 0 unspecified atom stereocenters. The van der Waals surface area contributed by atoms with Crippen LogP contribution >= 0.6 is 0 Å². The van der Waals surface area contributed by atoms with Crippen LogP contribution in [-0.4, -0.2) is 35.6 Å². The SMILES string of the molecule is O=C(CN(CCO)Cc1ccccc1)Nc1ccccc1F. The summed E-state index contributed by atoms with van der Waals surface area (Å²) in [4.78, 5) is 13.9. The first-order valence-corrected chi connectivity index (χ1v) is 7.10. The Balaban J connectivity index is 1.95. The lowest BCUT2D eigenvalue weighted by molar-refractivity contribution is -0.117. The van der Waals surface area contributed by atoms with E-state index in [4.69, 9.17) is 5.11 Å². The maximum Gasteiger partial charge on any atom is 0.238 e. The van der Waals surface area contributed by atoms with Gasteiger partial charge in [-0.25, -0.2) is 4.39 Å². The Hall–Kier alpha value is -2.24. The third-order valence-electron chi connectivity index (χ3n) is 3.18. The number of anilines is 1. The number of hydrogen-bond donors (Lipinski definition) is 2. The van der Waals surface area contributed by atoms with E-state index in [1.165, 1.54) is 12.1 Å². The van der Waals surface area contributed by atoms with Crippen molar-refractivity contribution in [2.24, 2.45) is 0 Å². The number of benzene rings is 2. The van der Waals surface area contributed by atoms with Gasteiger partial charge in [-0.1, -0.05) is 42.5 Å². The number of nitrogens with one attached hydrogen (secondary N) is 1. The molecule has 1 amide bonds. The van der Waals surface area contributed by atoms with Crippen molar-refractivity contribution in [1.29, 1.82) is 0 Å². The van der Waals surface area contributed by atoms with E-state index in [9.17, 15) is 9.18 Å². The quantitative estimate of drug-likeness (QED) is 0.825. The highest BCUT2D eigenvalue weighted by molar-refractivity contribution is 5.92. The molecular weight excluding hydrogens is 283 g/mol. The Morgan fingerprint density at radius 1 is 1.09 bits per heavy atom. The van der Waals surface area contributed by atoms with Gasteiger partial charge in [0.05, 0.1) is 18.8 Å². The first-order chi connectivity index (χ1) is 10.7. The molecule has 0 aromatic heterocycles. The second-order valence-corrected chi connectivity index (χ2v) is 4.95. The van der Waals surface area contributed by atoms with E-state index in [-0.39, 0.29) is 24.7 Å². The third kappa shape index (κ3) is 4.95. The number of hydrogen-bond acceptors (Lipinski definition) is 3. The summed E-state index contributed by atoms with van der Waals surface area (Å²) in [5.41, 5.74) is 1.21. The zero-order valence-corrected chi connectivity index (χ0v) is 12.2. The largest absolute Gasteiger partial charge is 0.395 e. The Morgan fingerprint density at radius 3 is 2.45 bits per heavy atom. The van der Waals surface area contributed by atoms with Gasteiger partial charge in [0, 0.05) is 13.1 Å². The predicted molar refractivity (Wildman–Crippen MR) is 83.8 cm³/mol. The van der Waals surface area contributed by atoms with Crippen molar-refractivity contribution < 1.29 is 14.3 Å². The van der Waals surface area contributed by atoms with Crippen LogP contribution in [-0.2, 0) is 11.3 Å². The van der Waals surface area contributed by atoms with Crippen molar-refractivity contribution in [3.63, 3.8) is 0 Å². The van der Waals surface area contributed by atoms with Crippen LogP contribution in [0.25, 0.3) is 0 Å². The molecule has 0 saturated carbocycles. The van der Waals surface area contributed by atoms with Gasteiger partial charge in [0.1, 0.15) is 5.82 Å². The van der Waals surface area contributed by atoms with Gasteiger partial charge in [0.25, 0.3) is 0 Å². The van der Waals surface area contributed by atoms with Crippen molar-refractivity contribution in [2.45, 2.75) is 6.54 Å². The number of nitrogens with zero attached hydrogens (tertiary/aromatic N) is 1. The Labute approximate surface area is 129 Å². The van der Waals surface area contributed by atoms with Crippen LogP contribution in [0.3, 0.4) is 0 Å². The summed E-state index contributed by atoms with van der Waals surface area (Å²) < 4.78 is 13.5. The molecule has 2 N–H and O–H groups in total. The third-order valence-corrected chi connectivity index (χ3v) is 3.18. The summed E-state index contributed by atoms with van der Waals surface area (Å²) in [6.07, 6.45) is 0. The molecule has 0 fully saturated rings. The first kappa shape index (κ1) is 16.1. The smallest absolute Gasteiger partial charge is 0.238 e. The van der Waals surface area contributed by atoms with E-state index in [2.05, 4.69) is 5.32 Å². The zero-order valence-electron chi connectivity index (χ0n) is 12.2. The summed E-state index contributed by atoms with van der Waals surface area (Å²) in [6, 6.07) is 15.7. The average Bonchev–Trinajstić information content (AvgIpc) is 2.51. The van der Waals surface area contributed by atoms with E-state index >= 15 is 0 Å². The van der Waals surface area contributed by atoms with Crippen molar-refractivity contribution in [1.82, 2.24) is 4.90 Å². The molecule has 0 aliphatic heterocycles. The number of aliphatic hydroxyl groups is 1. The lowest BCUT2D eigenvalue weighted by atomic mass is 10.2. The number of rotatable bonds is 7. The molecule has 22 heavy (non-hydrogen) atoms. The Morgan fingerprint density at radius 2 is 1.77 bits per heavy atom. The molecule has 0 radical (unpaired) electrons. The van der Waals surface area contributed by atoms with Gasteiger partial charge >= 0.3 is 0 Å². The van der Waals surface area contributed by atoms with Crippen molar-refractivity contribution in [3.05, 3.63) is 66.0 Å². The minimum Gasteiger partial charge on any atom is -0.395 e. The standard InChI is InChI=1S/C17H19FN2O2/c18-15-8-4-5-9-16(15)19-17(22)13-20(10-11-21)12-14-6-2-1-3-7-14/h1-9,21H,10-13H2,(H,19,22). The van der Waals surface area contributed by atoms with Crippen LogP contribution < -0.4 is 5.32 Å². The van der Waals surface area contributed by atoms with Gasteiger partial charge in [-0.15, -0.1) is 0 Å². The number of para-hydroxylation sites is 1. The normalized spacial score (nSPS) is 10.7. The molecule has 0 spiro atoms. The van der Waals surface area contributed by atoms with Crippen LogP contribution in [0.4, 0.5) is 10.1 Å². The predicted octanol–water partition coefficient (Wildman–Crippen LogP) is 2.26. The van der Waals surface area contributed by atoms with E-state index in [0.29, 0.717) is 13.1 Å². The average molecular weight is 302 g/mol. The fourth-order valence-electron chi connectivity index (χ4n) is 2.15. The molecule has 2 rings (SSSR count). The van der Waals surface area contributed by atoms with Crippen LogP contribution in [0.5, 0.6) is 0 Å². The number of halogens is 1. The summed E-state index contributed by atoms with van der Waals surface area (Å²) >= 11 is 0. The molecule has 2 aromatic rings. The molecule has 0 bridgehead atoms. The van der Waals surface area contributed by atoms with Crippen molar-refractivity contribution in [3.8, 4) is 0 Å². The van der Waals surface area contributed by atoms with Gasteiger partial charge in [0.15, 0.2) is 0 Å². The van der Waals surface area contributed by atoms with E-state index in [1.807, 2.05) is 35.2 Å². The van der Waals surface area contributed by atoms with Gasteiger partial charge < -0.3 is 10.4 Å². The number of carbonyl (C=O) groups is 1. The van der Waals surface area contributed by atoms with Crippen LogP contribution in [0.15, 0.2) is 54.6 Å². The Bertz CT molecular complexity index is 605. The molecule has 0 heterocycles. The summed E-state index contributed by atoms with van der Waals surface area (Å²) in [7, 11) is 0. The molecule has 5 heteroatoms. The maximum absolute atomic E-state index is 13.5. The molecule has 0 aliphatic rings. The first-order valence-electron chi connectivity index (χ1n) is 7.10. The molecule has 0 atom stereocenters. The molecule has 116 valence electrons. The zero-order chi connectivity index (χ0) is 15.8. The number of carbonyl (C=O) groups excluding carboxylic acids is 1. The summed E-state index contributed by atoms with van der Waals surface area (Å²) in [5, 5.41) is 11.7. The fraction of sp³-hybridized carbons (Fsp3) is 0.235. The highest BCUT2D eigenvalue weighted by atomic mass is 19.1. The van der Waals surface area contributed by atoms with E-state index in [0.717, 1.165) is 5.56 Å². The number of aliphatic hydroxyl groups excluding tert-OH is 1. The van der Waals surface area contributed by atoms with Gasteiger partial charge in [-0.3, -0.25) is 9.69 Å². The van der Waals surface area contributed by atoms with Crippen molar-refractivity contribution >= 4 is 11.6 Å². The minimum absolute atomic E-state index is 0.0419. The molecule has 4 nitrogen and oxygen atoms in total. The van der Waals surface area contributed by atoms with E-state index in [1.54, 1.807) is 12.1 Å². The lowest BCUT2D eigenvalue weighted by Crippen LogP contribution is -2.35. The van der Waals surface area contributed by atoms with Gasteiger partial charge in [-0.2, -0.15) is 0 Å². The highest BCUT2D eigenvalue weighted by Gasteiger charge is 2.12. The summed E-state index contributed by atoms with van der Waals surface area (Å²) in [6.45, 7) is 0.968. The molecule has 0 saturated heterocycles. The van der Waals surface area contributed by atoms with Crippen LogP contribution in [0.2, 0.25) is 0 Å². The molecule has 0 aliphatic carbocycles. The fourth-order valence-corrected chi connectivity index (χ4v) is 2.15. The monoisotopic (exact) mass is 302 g/mol. The van der Waals surface area contributed by atoms with E-state index < -0.39 is 5.82 Å². The van der Waals surface area contributed by atoms with Gasteiger partial charge in [-0.05, 0) is 17.7 Å². The molecule has 2 aromatic carbocycles. The maximum atomic E-state index is 13.5.